The van der Waals surface area contributed by atoms with Gasteiger partial charge in [0.05, 0.1) is 20.1 Å². The van der Waals surface area contributed by atoms with E-state index in [9.17, 15) is 9.18 Å². The fourth-order valence-corrected chi connectivity index (χ4v) is 1.85. The molecule has 100 valence electrons. The van der Waals surface area contributed by atoms with Gasteiger partial charge in [-0.1, -0.05) is 18.2 Å². The van der Waals surface area contributed by atoms with E-state index >= 15 is 0 Å². The Morgan fingerprint density at radius 3 is 2.84 bits per heavy atom. The number of hydrogen-bond acceptors (Lipinski definition) is 2. The van der Waals surface area contributed by atoms with Crippen LogP contribution in [0.15, 0.2) is 30.5 Å². The molecule has 0 unspecified atom stereocenters. The summed E-state index contributed by atoms with van der Waals surface area (Å²) in [6.45, 7) is 2.07. The Bertz CT molecular complexity index is 593. The first kappa shape index (κ1) is 13.3. The van der Waals surface area contributed by atoms with Gasteiger partial charge in [0.15, 0.2) is 0 Å². The Balaban J connectivity index is 2.22. The van der Waals surface area contributed by atoms with Crippen molar-refractivity contribution in [2.75, 3.05) is 6.61 Å². The van der Waals surface area contributed by atoms with E-state index in [0.29, 0.717) is 24.3 Å². The van der Waals surface area contributed by atoms with Gasteiger partial charge in [0.1, 0.15) is 12.0 Å². The number of nitrogens with zero attached hydrogens (tertiary/aromatic N) is 1. The lowest BCUT2D eigenvalue weighted by Crippen LogP contribution is -2.30. The summed E-state index contributed by atoms with van der Waals surface area (Å²) >= 11 is 0. The molecule has 2 aromatic rings. The molecule has 1 heterocycles. The van der Waals surface area contributed by atoms with Gasteiger partial charge >= 0.3 is 5.97 Å². The number of imidazole rings is 1. The molecule has 4 nitrogen and oxygen atoms in total. The quantitative estimate of drug-likeness (QED) is 0.674. The van der Waals surface area contributed by atoms with Gasteiger partial charge < -0.3 is 4.74 Å². The number of aryl methyl sites for hydroxylation is 1. The fourth-order valence-electron chi connectivity index (χ4n) is 1.85. The van der Waals surface area contributed by atoms with E-state index in [1.165, 1.54) is 6.07 Å². The zero-order valence-electron chi connectivity index (χ0n) is 10.9. The Morgan fingerprint density at radius 1 is 1.42 bits per heavy atom. The van der Waals surface area contributed by atoms with Crippen LogP contribution in [0.1, 0.15) is 28.8 Å². The standard InChI is InChI=1S/C14H15FN2O2/c1-3-19-14(18)12-9-17(2)13(16-12)8-10-6-4-5-7-11(10)15/h4-7,9H,3,8H2,1-2H3/p+1. The van der Waals surface area contributed by atoms with Crippen molar-refractivity contribution >= 4 is 5.97 Å². The zero-order valence-corrected chi connectivity index (χ0v) is 10.9. The molecule has 1 aromatic heterocycles. The van der Waals surface area contributed by atoms with E-state index in [2.05, 4.69) is 4.98 Å². The van der Waals surface area contributed by atoms with E-state index in [1.54, 1.807) is 42.9 Å². The normalized spacial score (nSPS) is 10.5. The van der Waals surface area contributed by atoms with Gasteiger partial charge in [0.2, 0.25) is 5.69 Å². The average Bonchev–Trinajstić information content (AvgIpc) is 2.74. The fraction of sp³-hybridized carbons (Fsp3) is 0.286. The molecule has 0 radical (unpaired) electrons. The van der Waals surface area contributed by atoms with E-state index in [-0.39, 0.29) is 5.82 Å². The Labute approximate surface area is 110 Å². The Morgan fingerprint density at radius 2 is 2.16 bits per heavy atom. The van der Waals surface area contributed by atoms with Crippen molar-refractivity contribution in [3.8, 4) is 0 Å². The molecule has 0 saturated heterocycles. The maximum atomic E-state index is 13.6. The number of carbonyl (C=O) groups is 1. The van der Waals surface area contributed by atoms with Crippen LogP contribution < -0.4 is 4.57 Å². The third kappa shape index (κ3) is 2.99. The number of carbonyl (C=O) groups excluding carboxylic acids is 1. The average molecular weight is 263 g/mol. The molecule has 0 bridgehead atoms. The van der Waals surface area contributed by atoms with Crippen LogP contribution in [0.2, 0.25) is 0 Å². The lowest BCUT2D eigenvalue weighted by Gasteiger charge is -1.98. The number of esters is 1. The highest BCUT2D eigenvalue weighted by atomic mass is 19.1. The molecule has 1 aromatic carbocycles. The summed E-state index contributed by atoms with van der Waals surface area (Å²) in [4.78, 5) is 14.6. The summed E-state index contributed by atoms with van der Waals surface area (Å²) in [6.07, 6.45) is 2.04. The van der Waals surface area contributed by atoms with Gasteiger partial charge in [-0.2, -0.15) is 0 Å². The number of rotatable bonds is 4. The van der Waals surface area contributed by atoms with Gasteiger partial charge in [-0.15, -0.1) is 0 Å². The van der Waals surface area contributed by atoms with Crippen molar-refractivity contribution in [2.24, 2.45) is 7.05 Å². The summed E-state index contributed by atoms with van der Waals surface area (Å²) in [6, 6.07) is 6.58. The van der Waals surface area contributed by atoms with Crippen LogP contribution in [0.25, 0.3) is 0 Å². The molecule has 0 saturated carbocycles. The molecule has 19 heavy (non-hydrogen) atoms. The largest absolute Gasteiger partial charge is 0.460 e. The van der Waals surface area contributed by atoms with Crippen LogP contribution in [0.3, 0.4) is 0 Å². The van der Waals surface area contributed by atoms with Crippen LogP contribution in [0.5, 0.6) is 0 Å². The van der Waals surface area contributed by atoms with Crippen molar-refractivity contribution < 1.29 is 18.5 Å². The van der Waals surface area contributed by atoms with Crippen LogP contribution in [-0.4, -0.2) is 17.6 Å². The first-order valence-corrected chi connectivity index (χ1v) is 6.10. The first-order chi connectivity index (χ1) is 9.11. The smallest absolute Gasteiger partial charge is 0.382 e. The van der Waals surface area contributed by atoms with Crippen LogP contribution in [0.4, 0.5) is 4.39 Å². The molecule has 0 aliphatic carbocycles. The minimum Gasteiger partial charge on any atom is -0.460 e. The number of H-pyrrole nitrogens is 1. The second kappa shape index (κ2) is 5.65. The van der Waals surface area contributed by atoms with Gasteiger partial charge in [-0.05, 0) is 18.6 Å². The lowest BCUT2D eigenvalue weighted by molar-refractivity contribution is -0.677. The monoisotopic (exact) mass is 263 g/mol. The molecule has 5 heteroatoms. The van der Waals surface area contributed by atoms with Crippen LogP contribution >= 0.6 is 0 Å². The summed E-state index contributed by atoms with van der Waals surface area (Å²) < 4.78 is 20.3. The summed E-state index contributed by atoms with van der Waals surface area (Å²) in [5, 5.41) is 0. The summed E-state index contributed by atoms with van der Waals surface area (Å²) in [5.74, 6) is 0.0841. The predicted octanol–water partition coefficient (Wildman–Crippen LogP) is 1.75. The third-order valence-electron chi connectivity index (χ3n) is 2.84. The third-order valence-corrected chi connectivity index (χ3v) is 2.84. The lowest BCUT2D eigenvalue weighted by atomic mass is 10.1. The van der Waals surface area contributed by atoms with Crippen LogP contribution in [-0.2, 0) is 18.2 Å². The van der Waals surface area contributed by atoms with Gasteiger partial charge in [0.25, 0.3) is 5.82 Å². The summed E-state index contributed by atoms with van der Waals surface area (Å²) in [5.41, 5.74) is 0.950. The number of hydrogen-bond donors (Lipinski definition) is 1. The number of aromatic amines is 1. The first-order valence-electron chi connectivity index (χ1n) is 6.10. The Hall–Kier alpha value is -2.17. The molecule has 0 aliphatic rings. The molecule has 2 rings (SSSR count). The molecule has 0 amide bonds. The van der Waals surface area contributed by atoms with Gasteiger partial charge in [-0.25, -0.2) is 18.7 Å². The number of halogens is 1. The second-order valence-electron chi connectivity index (χ2n) is 4.21. The molecular formula is C14H16FN2O2+. The van der Waals surface area contributed by atoms with Crippen molar-refractivity contribution in [3.63, 3.8) is 0 Å². The minimum absolute atomic E-state index is 0.255. The number of aromatic nitrogens is 2. The van der Waals surface area contributed by atoms with Crippen molar-refractivity contribution in [1.29, 1.82) is 0 Å². The number of nitrogens with one attached hydrogen (secondary N) is 1. The highest BCUT2D eigenvalue weighted by Crippen LogP contribution is 2.10. The van der Waals surface area contributed by atoms with Crippen molar-refractivity contribution in [3.05, 3.63) is 53.4 Å². The molecule has 1 N–H and O–H groups in total. The van der Waals surface area contributed by atoms with E-state index in [0.717, 1.165) is 5.82 Å². The highest BCUT2D eigenvalue weighted by Gasteiger charge is 2.20. The second-order valence-corrected chi connectivity index (χ2v) is 4.21. The maximum absolute atomic E-state index is 13.6. The van der Waals surface area contributed by atoms with E-state index in [1.807, 2.05) is 0 Å². The zero-order chi connectivity index (χ0) is 13.8. The van der Waals surface area contributed by atoms with Crippen molar-refractivity contribution in [1.82, 2.24) is 4.98 Å². The van der Waals surface area contributed by atoms with Crippen LogP contribution in [0, 0.1) is 5.82 Å². The number of benzene rings is 1. The predicted molar refractivity (Wildman–Crippen MR) is 67.1 cm³/mol. The molecule has 0 spiro atoms. The van der Waals surface area contributed by atoms with E-state index < -0.39 is 5.97 Å². The molecule has 0 aliphatic heterocycles. The topological polar surface area (TPSA) is 46.0 Å². The highest BCUT2D eigenvalue weighted by molar-refractivity contribution is 5.86. The van der Waals surface area contributed by atoms with Gasteiger partial charge in [-0.3, -0.25) is 0 Å². The van der Waals surface area contributed by atoms with E-state index in [4.69, 9.17) is 4.74 Å². The maximum Gasteiger partial charge on any atom is 0.382 e. The SMILES string of the molecule is CCOC(=O)c1c[n+](C)c(Cc2ccccc2F)[nH]1. The molecular weight excluding hydrogens is 247 g/mol. The minimum atomic E-state index is -0.405. The summed E-state index contributed by atoms with van der Waals surface area (Å²) in [7, 11) is 1.80. The molecule has 0 fully saturated rings. The Kier molecular flexibility index (Phi) is 3.94. The molecule has 0 atom stereocenters. The van der Waals surface area contributed by atoms with Gasteiger partial charge in [0, 0.05) is 0 Å². The van der Waals surface area contributed by atoms with Crippen molar-refractivity contribution in [2.45, 2.75) is 13.3 Å². The number of ether oxygens (including phenoxy) is 1.